The third kappa shape index (κ3) is 4.12. The lowest BCUT2D eigenvalue weighted by Crippen LogP contribution is -2.24. The van der Waals surface area contributed by atoms with Crippen molar-refractivity contribution in [2.75, 3.05) is 14.2 Å². The molecule has 0 aliphatic heterocycles. The molecule has 3 aromatic rings. The zero-order valence-electron chi connectivity index (χ0n) is 15.2. The Morgan fingerprint density at radius 3 is 2.44 bits per heavy atom. The minimum absolute atomic E-state index is 0.0416. The number of hydrogen-bond acceptors (Lipinski definition) is 6. The largest absolute Gasteiger partial charge is 0.496 e. The standard InChI is InChI=1S/C19H20N2O5S/c1-13-10-17(26-21-13)14-8-9-19(18(11-14)25-3)27(22,23)20-12-15-6-4-5-7-16(15)24-2/h4-11,20H,12H2,1-3H3. The van der Waals surface area contributed by atoms with E-state index < -0.39 is 10.0 Å². The minimum Gasteiger partial charge on any atom is -0.496 e. The van der Waals surface area contributed by atoms with Crippen molar-refractivity contribution in [3.63, 3.8) is 0 Å². The summed E-state index contributed by atoms with van der Waals surface area (Å²) in [5, 5.41) is 3.84. The van der Waals surface area contributed by atoms with Crippen LogP contribution in [0.3, 0.4) is 0 Å². The molecule has 0 atom stereocenters. The molecule has 0 spiro atoms. The molecule has 0 radical (unpaired) electrons. The zero-order chi connectivity index (χ0) is 19.4. The second-order valence-corrected chi connectivity index (χ2v) is 7.57. The Hall–Kier alpha value is -2.84. The first-order chi connectivity index (χ1) is 12.9. The molecule has 0 aliphatic rings. The monoisotopic (exact) mass is 388 g/mol. The van der Waals surface area contributed by atoms with Crippen LogP contribution in [0.15, 0.2) is 57.9 Å². The van der Waals surface area contributed by atoms with Crippen molar-refractivity contribution < 1.29 is 22.4 Å². The molecule has 27 heavy (non-hydrogen) atoms. The number of sulfonamides is 1. The number of aryl methyl sites for hydroxylation is 1. The van der Waals surface area contributed by atoms with E-state index in [1.165, 1.54) is 13.2 Å². The van der Waals surface area contributed by atoms with Crippen LogP contribution in [-0.4, -0.2) is 27.8 Å². The highest BCUT2D eigenvalue weighted by atomic mass is 32.2. The van der Waals surface area contributed by atoms with Gasteiger partial charge in [-0.1, -0.05) is 23.4 Å². The Morgan fingerprint density at radius 2 is 1.78 bits per heavy atom. The van der Waals surface area contributed by atoms with Crippen LogP contribution in [0.1, 0.15) is 11.3 Å². The van der Waals surface area contributed by atoms with Gasteiger partial charge in [0.25, 0.3) is 0 Å². The van der Waals surface area contributed by atoms with Gasteiger partial charge in [-0.15, -0.1) is 0 Å². The van der Waals surface area contributed by atoms with E-state index in [-0.39, 0.29) is 17.2 Å². The highest BCUT2D eigenvalue weighted by molar-refractivity contribution is 7.89. The van der Waals surface area contributed by atoms with Gasteiger partial charge in [0.1, 0.15) is 16.4 Å². The SMILES string of the molecule is COc1ccccc1CNS(=O)(=O)c1ccc(-c2cc(C)no2)cc1OC. The van der Waals surface area contributed by atoms with Crippen LogP contribution in [0.4, 0.5) is 0 Å². The quantitative estimate of drug-likeness (QED) is 0.669. The molecule has 0 amide bonds. The molecule has 1 heterocycles. The molecule has 0 saturated carbocycles. The van der Waals surface area contributed by atoms with E-state index in [2.05, 4.69) is 9.88 Å². The highest BCUT2D eigenvalue weighted by Crippen LogP contribution is 2.30. The fraction of sp³-hybridized carbons (Fsp3) is 0.211. The van der Waals surface area contributed by atoms with Gasteiger partial charge in [0.15, 0.2) is 5.76 Å². The molecule has 0 unspecified atom stereocenters. The molecule has 142 valence electrons. The predicted octanol–water partition coefficient (Wildman–Crippen LogP) is 3.15. The Morgan fingerprint density at radius 1 is 1.04 bits per heavy atom. The van der Waals surface area contributed by atoms with E-state index in [1.54, 1.807) is 37.4 Å². The summed E-state index contributed by atoms with van der Waals surface area (Å²) in [4.78, 5) is 0.0416. The second kappa shape index (κ2) is 7.81. The van der Waals surface area contributed by atoms with Crippen molar-refractivity contribution in [3.05, 3.63) is 59.8 Å². The molecule has 3 rings (SSSR count). The third-order valence-corrected chi connectivity index (χ3v) is 5.45. The van der Waals surface area contributed by atoms with Gasteiger partial charge in [0.05, 0.1) is 19.9 Å². The first kappa shape index (κ1) is 18.9. The van der Waals surface area contributed by atoms with Crippen molar-refractivity contribution in [2.45, 2.75) is 18.4 Å². The Bertz CT molecular complexity index is 1040. The molecule has 2 aromatic carbocycles. The van der Waals surface area contributed by atoms with Gasteiger partial charge in [-0.3, -0.25) is 0 Å². The van der Waals surface area contributed by atoms with Crippen LogP contribution in [0.25, 0.3) is 11.3 Å². The van der Waals surface area contributed by atoms with E-state index in [9.17, 15) is 8.42 Å². The van der Waals surface area contributed by atoms with Gasteiger partial charge in [0.2, 0.25) is 10.0 Å². The Labute approximate surface area is 158 Å². The van der Waals surface area contributed by atoms with Crippen molar-refractivity contribution in [1.29, 1.82) is 0 Å². The van der Waals surface area contributed by atoms with Gasteiger partial charge in [-0.2, -0.15) is 0 Å². The molecule has 8 heteroatoms. The maximum Gasteiger partial charge on any atom is 0.244 e. The predicted molar refractivity (Wildman–Crippen MR) is 100 cm³/mol. The third-order valence-electron chi connectivity index (χ3n) is 4.01. The summed E-state index contributed by atoms with van der Waals surface area (Å²) in [5.41, 5.74) is 2.14. The molecule has 1 N–H and O–H groups in total. The number of nitrogens with one attached hydrogen (secondary N) is 1. The molecule has 0 bridgehead atoms. The van der Waals surface area contributed by atoms with Crippen LogP contribution < -0.4 is 14.2 Å². The Kier molecular flexibility index (Phi) is 5.48. The first-order valence-corrected chi connectivity index (χ1v) is 9.66. The van der Waals surface area contributed by atoms with Crippen LogP contribution in [0.5, 0.6) is 11.5 Å². The number of para-hydroxylation sites is 1. The summed E-state index contributed by atoms with van der Waals surface area (Å²) in [6.07, 6.45) is 0. The maximum absolute atomic E-state index is 12.8. The van der Waals surface area contributed by atoms with Gasteiger partial charge in [0, 0.05) is 23.7 Å². The molecule has 0 fully saturated rings. The van der Waals surface area contributed by atoms with Crippen LogP contribution >= 0.6 is 0 Å². The molecular formula is C19H20N2O5S. The van der Waals surface area contributed by atoms with E-state index in [0.29, 0.717) is 17.1 Å². The topological polar surface area (TPSA) is 90.7 Å². The fourth-order valence-corrected chi connectivity index (χ4v) is 3.80. The average molecular weight is 388 g/mol. The summed E-state index contributed by atoms with van der Waals surface area (Å²) >= 11 is 0. The number of rotatable bonds is 7. The second-order valence-electron chi connectivity index (χ2n) is 5.83. The smallest absolute Gasteiger partial charge is 0.244 e. The lowest BCUT2D eigenvalue weighted by Gasteiger charge is -2.13. The first-order valence-electron chi connectivity index (χ1n) is 8.18. The van der Waals surface area contributed by atoms with Gasteiger partial charge in [-0.25, -0.2) is 13.1 Å². The number of ether oxygens (including phenoxy) is 2. The van der Waals surface area contributed by atoms with Gasteiger partial charge in [-0.05, 0) is 31.2 Å². The summed E-state index contributed by atoms with van der Waals surface area (Å²) < 4.78 is 43.9. The number of aromatic nitrogens is 1. The van der Waals surface area contributed by atoms with Crippen LogP contribution in [0.2, 0.25) is 0 Å². The lowest BCUT2D eigenvalue weighted by atomic mass is 10.1. The molecule has 1 aromatic heterocycles. The number of benzene rings is 2. The summed E-state index contributed by atoms with van der Waals surface area (Å²) in [6, 6.07) is 13.7. The summed E-state index contributed by atoms with van der Waals surface area (Å²) in [5.74, 6) is 1.37. The normalized spacial score (nSPS) is 11.4. The number of methoxy groups -OCH3 is 2. The van der Waals surface area contributed by atoms with Gasteiger partial charge >= 0.3 is 0 Å². The van der Waals surface area contributed by atoms with Crippen molar-refractivity contribution in [2.24, 2.45) is 0 Å². The molecule has 0 saturated heterocycles. The van der Waals surface area contributed by atoms with E-state index in [0.717, 1.165) is 11.3 Å². The van der Waals surface area contributed by atoms with E-state index in [4.69, 9.17) is 14.0 Å². The number of hydrogen-bond donors (Lipinski definition) is 1. The minimum atomic E-state index is -3.80. The maximum atomic E-state index is 12.8. The van der Waals surface area contributed by atoms with Crippen molar-refractivity contribution >= 4 is 10.0 Å². The summed E-state index contributed by atoms with van der Waals surface area (Å²) in [7, 11) is -0.834. The molecule has 7 nitrogen and oxygen atoms in total. The van der Waals surface area contributed by atoms with E-state index in [1.807, 2.05) is 19.1 Å². The highest BCUT2D eigenvalue weighted by Gasteiger charge is 2.21. The average Bonchev–Trinajstić information content (AvgIpc) is 3.12. The zero-order valence-corrected chi connectivity index (χ0v) is 16.0. The van der Waals surface area contributed by atoms with Crippen LogP contribution in [0, 0.1) is 6.92 Å². The van der Waals surface area contributed by atoms with Gasteiger partial charge < -0.3 is 14.0 Å². The molecule has 0 aliphatic carbocycles. The fourth-order valence-electron chi connectivity index (χ4n) is 2.64. The summed E-state index contributed by atoms with van der Waals surface area (Å²) in [6.45, 7) is 1.91. The lowest BCUT2D eigenvalue weighted by molar-refractivity contribution is 0.401. The van der Waals surface area contributed by atoms with Crippen molar-refractivity contribution in [3.8, 4) is 22.8 Å². The van der Waals surface area contributed by atoms with Crippen LogP contribution in [-0.2, 0) is 16.6 Å². The Balaban J connectivity index is 1.87. The van der Waals surface area contributed by atoms with Crippen molar-refractivity contribution in [1.82, 2.24) is 9.88 Å². The van der Waals surface area contributed by atoms with E-state index >= 15 is 0 Å². The molecular weight excluding hydrogens is 368 g/mol. The number of nitrogens with zero attached hydrogens (tertiary/aromatic N) is 1.